The molecule has 2 aliphatic rings. The van der Waals surface area contributed by atoms with Gasteiger partial charge in [0.05, 0.1) is 11.8 Å². The van der Waals surface area contributed by atoms with E-state index in [4.69, 9.17) is 0 Å². The largest absolute Gasteiger partial charge is 0.393 e. The number of anilines is 1. The van der Waals surface area contributed by atoms with Crippen LogP contribution in [-0.2, 0) is 12.8 Å². The topological polar surface area (TPSA) is 32.3 Å². The summed E-state index contributed by atoms with van der Waals surface area (Å²) in [6.45, 7) is 5.79. The second kappa shape index (κ2) is 7.95. The maximum Gasteiger partial charge on any atom is 0.393 e. The molecule has 1 atom stereocenters. The molecule has 0 saturated carbocycles. The SMILES string of the molecule is CC(Cc1cccc(F)c1)N1CC2(CCN(c3ncnc4sc(CC(F)(F)F)cc34)C2)C1. The van der Waals surface area contributed by atoms with Gasteiger partial charge in [-0.2, -0.15) is 13.2 Å². The van der Waals surface area contributed by atoms with Crippen LogP contribution in [-0.4, -0.2) is 53.3 Å². The van der Waals surface area contributed by atoms with Gasteiger partial charge in [-0.15, -0.1) is 11.3 Å². The summed E-state index contributed by atoms with van der Waals surface area (Å²) in [7, 11) is 0. The highest BCUT2D eigenvalue weighted by molar-refractivity contribution is 7.18. The molecule has 1 unspecified atom stereocenters. The summed E-state index contributed by atoms with van der Waals surface area (Å²) in [4.78, 5) is 14.1. The van der Waals surface area contributed by atoms with Crippen molar-refractivity contribution in [2.45, 2.75) is 38.4 Å². The molecule has 3 aromatic rings. The molecule has 2 fully saturated rings. The van der Waals surface area contributed by atoms with Crippen LogP contribution in [0.2, 0.25) is 0 Å². The summed E-state index contributed by atoms with van der Waals surface area (Å²) in [6.07, 6.45) is -1.88. The third kappa shape index (κ3) is 4.32. The van der Waals surface area contributed by atoms with E-state index >= 15 is 0 Å². The highest BCUT2D eigenvalue weighted by Crippen LogP contribution is 2.43. The average molecular weight is 465 g/mol. The van der Waals surface area contributed by atoms with Crippen LogP contribution in [0, 0.1) is 11.2 Å². The first-order valence-corrected chi connectivity index (χ1v) is 11.6. The van der Waals surface area contributed by atoms with Crippen molar-refractivity contribution in [1.82, 2.24) is 14.9 Å². The second-order valence-corrected chi connectivity index (χ2v) is 10.3. The Labute approximate surface area is 187 Å². The van der Waals surface area contributed by atoms with Gasteiger partial charge < -0.3 is 4.90 Å². The number of hydrogen-bond acceptors (Lipinski definition) is 5. The molecule has 2 aromatic heterocycles. The van der Waals surface area contributed by atoms with Crippen molar-refractivity contribution in [3.8, 4) is 0 Å². The van der Waals surface area contributed by atoms with E-state index in [1.165, 1.54) is 12.4 Å². The molecule has 0 radical (unpaired) electrons. The van der Waals surface area contributed by atoms with Crippen molar-refractivity contribution >= 4 is 27.4 Å². The zero-order chi connectivity index (χ0) is 22.5. The van der Waals surface area contributed by atoms with Crippen molar-refractivity contribution in [1.29, 1.82) is 0 Å². The van der Waals surface area contributed by atoms with Gasteiger partial charge in [0.15, 0.2) is 0 Å². The molecule has 0 bridgehead atoms. The predicted octanol–water partition coefficient (Wildman–Crippen LogP) is 5.08. The van der Waals surface area contributed by atoms with Crippen LogP contribution in [0.1, 0.15) is 23.8 Å². The Bertz CT molecular complexity index is 1120. The van der Waals surface area contributed by atoms with Gasteiger partial charge in [-0.3, -0.25) is 4.90 Å². The van der Waals surface area contributed by atoms with Gasteiger partial charge in [-0.05, 0) is 43.5 Å². The highest BCUT2D eigenvalue weighted by atomic mass is 32.1. The molecule has 0 aliphatic carbocycles. The second-order valence-electron chi connectivity index (χ2n) is 9.18. The lowest BCUT2D eigenvalue weighted by Crippen LogP contribution is -2.60. The van der Waals surface area contributed by atoms with Crippen LogP contribution in [0.5, 0.6) is 0 Å². The molecule has 4 heterocycles. The van der Waals surface area contributed by atoms with Gasteiger partial charge in [0, 0.05) is 42.5 Å². The first kappa shape index (κ1) is 21.6. The van der Waals surface area contributed by atoms with Gasteiger partial charge >= 0.3 is 6.18 Å². The molecule has 0 N–H and O–H groups in total. The summed E-state index contributed by atoms with van der Waals surface area (Å²) in [5, 5.41) is 0.712. The number of likely N-dealkylation sites (tertiary alicyclic amines) is 1. The molecule has 1 aromatic carbocycles. The van der Waals surface area contributed by atoms with Gasteiger partial charge in [0.25, 0.3) is 0 Å². The predicted molar refractivity (Wildman–Crippen MR) is 118 cm³/mol. The zero-order valence-electron chi connectivity index (χ0n) is 17.7. The minimum absolute atomic E-state index is 0.179. The molecule has 0 amide bonds. The van der Waals surface area contributed by atoms with Crippen molar-refractivity contribution in [3.63, 3.8) is 0 Å². The van der Waals surface area contributed by atoms with E-state index in [-0.39, 0.29) is 16.1 Å². The van der Waals surface area contributed by atoms with Crippen LogP contribution < -0.4 is 4.90 Å². The fourth-order valence-electron chi connectivity index (χ4n) is 5.06. The molecule has 170 valence electrons. The van der Waals surface area contributed by atoms with Crippen molar-refractivity contribution in [2.75, 3.05) is 31.1 Å². The van der Waals surface area contributed by atoms with Crippen molar-refractivity contribution < 1.29 is 17.6 Å². The van der Waals surface area contributed by atoms with Gasteiger partial charge in [-0.25, -0.2) is 14.4 Å². The number of alkyl halides is 3. The minimum Gasteiger partial charge on any atom is -0.355 e. The third-order valence-electron chi connectivity index (χ3n) is 6.59. The molecule has 2 aliphatic heterocycles. The highest BCUT2D eigenvalue weighted by Gasteiger charge is 2.49. The number of fused-ring (bicyclic) bond motifs is 1. The van der Waals surface area contributed by atoms with E-state index in [0.717, 1.165) is 61.7 Å². The molecule has 32 heavy (non-hydrogen) atoms. The molecular formula is C23H24F4N4S. The fourth-order valence-corrected chi connectivity index (χ4v) is 6.09. The van der Waals surface area contributed by atoms with Crippen LogP contribution in [0.25, 0.3) is 10.2 Å². The zero-order valence-corrected chi connectivity index (χ0v) is 18.5. The van der Waals surface area contributed by atoms with Gasteiger partial charge in [0.1, 0.15) is 22.8 Å². The Hall–Kier alpha value is -2.26. The van der Waals surface area contributed by atoms with Crippen molar-refractivity contribution in [2.24, 2.45) is 5.41 Å². The maximum absolute atomic E-state index is 13.5. The third-order valence-corrected chi connectivity index (χ3v) is 7.64. The van der Waals surface area contributed by atoms with Crippen molar-refractivity contribution in [3.05, 3.63) is 52.9 Å². The standard InChI is InChI=1S/C23H24F4N4S/c1-15(7-16-3-2-4-17(24)8-16)31-12-22(13-31)5-6-30(11-22)20-19-9-18(10-23(25,26)27)32-21(19)29-14-28-20/h2-4,8-9,14-15H,5-7,10-13H2,1H3. The minimum atomic E-state index is -4.23. The number of hydrogen-bond donors (Lipinski definition) is 0. The van der Waals surface area contributed by atoms with E-state index in [9.17, 15) is 17.6 Å². The molecule has 2 saturated heterocycles. The smallest absolute Gasteiger partial charge is 0.355 e. The summed E-state index contributed by atoms with van der Waals surface area (Å²) in [6, 6.07) is 8.68. The monoisotopic (exact) mass is 464 g/mol. The molecule has 5 rings (SSSR count). The molecule has 4 nitrogen and oxygen atoms in total. The summed E-state index contributed by atoms with van der Waals surface area (Å²) >= 11 is 1.09. The number of halogens is 4. The lowest BCUT2D eigenvalue weighted by molar-refractivity contribution is -0.126. The molecule has 9 heteroatoms. The Balaban J connectivity index is 1.25. The van der Waals surface area contributed by atoms with E-state index in [0.29, 0.717) is 16.3 Å². The summed E-state index contributed by atoms with van der Waals surface area (Å²) < 4.78 is 51.9. The van der Waals surface area contributed by atoms with Gasteiger partial charge in [0.2, 0.25) is 0 Å². The quantitative estimate of drug-likeness (QED) is 0.493. The van der Waals surface area contributed by atoms with Crippen LogP contribution in [0.3, 0.4) is 0 Å². The lowest BCUT2D eigenvalue weighted by atomic mass is 9.78. The van der Waals surface area contributed by atoms with E-state index in [2.05, 4.69) is 26.7 Å². The Morgan fingerprint density at radius 3 is 2.72 bits per heavy atom. The fraction of sp³-hybridized carbons (Fsp3) is 0.478. The van der Waals surface area contributed by atoms with E-state index in [1.807, 2.05) is 6.07 Å². The number of rotatable bonds is 5. The Kier molecular flexibility index (Phi) is 5.36. The van der Waals surface area contributed by atoms with Gasteiger partial charge in [-0.1, -0.05) is 12.1 Å². The summed E-state index contributed by atoms with van der Waals surface area (Å²) in [5.74, 6) is 0.534. The Morgan fingerprint density at radius 2 is 1.97 bits per heavy atom. The van der Waals surface area contributed by atoms with E-state index in [1.54, 1.807) is 18.2 Å². The van der Waals surface area contributed by atoms with Crippen LogP contribution >= 0.6 is 11.3 Å². The number of benzene rings is 1. The molecular weight excluding hydrogens is 440 g/mol. The average Bonchev–Trinajstić information content (AvgIpc) is 3.29. The number of nitrogens with zero attached hydrogens (tertiary/aromatic N) is 4. The number of aromatic nitrogens is 2. The molecule has 1 spiro atoms. The lowest BCUT2D eigenvalue weighted by Gasteiger charge is -2.51. The van der Waals surface area contributed by atoms with Crippen LogP contribution in [0.4, 0.5) is 23.4 Å². The van der Waals surface area contributed by atoms with E-state index < -0.39 is 12.6 Å². The normalized spacial score (nSPS) is 19.6. The van der Waals surface area contributed by atoms with Crippen LogP contribution in [0.15, 0.2) is 36.7 Å². The summed E-state index contributed by atoms with van der Waals surface area (Å²) in [5.41, 5.74) is 1.18. The first-order valence-electron chi connectivity index (χ1n) is 10.7. The Morgan fingerprint density at radius 1 is 1.16 bits per heavy atom. The maximum atomic E-state index is 13.5. The first-order chi connectivity index (χ1) is 15.2. The number of thiophene rings is 1.